The number of hydrogen-bond acceptors (Lipinski definition) is 6. The molecule has 1 fully saturated rings. The van der Waals surface area contributed by atoms with E-state index >= 15 is 0 Å². The highest BCUT2D eigenvalue weighted by atomic mass is 35.5. The lowest BCUT2D eigenvalue weighted by atomic mass is 9.89. The zero-order valence-corrected chi connectivity index (χ0v) is 23.7. The first-order valence-corrected chi connectivity index (χ1v) is 13.1. The van der Waals surface area contributed by atoms with Gasteiger partial charge in [-0.2, -0.15) is 0 Å². The molecule has 2 aromatic heterocycles. The molecule has 4 aromatic rings. The first-order chi connectivity index (χ1) is 17.4. The van der Waals surface area contributed by atoms with E-state index in [0.29, 0.717) is 45.5 Å². The van der Waals surface area contributed by atoms with Gasteiger partial charge in [-0.25, -0.2) is 4.98 Å². The van der Waals surface area contributed by atoms with Crippen molar-refractivity contribution in [2.75, 3.05) is 26.2 Å². The number of aliphatic hydroxyl groups is 1. The van der Waals surface area contributed by atoms with Gasteiger partial charge in [-0.05, 0) is 61.7 Å². The summed E-state index contributed by atoms with van der Waals surface area (Å²) in [5.74, 6) is 3.18. The van der Waals surface area contributed by atoms with Crippen LogP contribution >= 0.6 is 35.6 Å². The molecule has 0 spiro atoms. The van der Waals surface area contributed by atoms with Crippen LogP contribution in [-0.4, -0.2) is 52.8 Å². The molecular weight excluding hydrogens is 551 g/mol. The molecule has 0 radical (unpaired) electrons. The summed E-state index contributed by atoms with van der Waals surface area (Å²) in [6.07, 6.45) is 3.16. The van der Waals surface area contributed by atoms with E-state index in [1.165, 1.54) is 5.56 Å². The van der Waals surface area contributed by atoms with Gasteiger partial charge >= 0.3 is 0 Å². The van der Waals surface area contributed by atoms with Crippen LogP contribution in [0.5, 0.6) is 5.75 Å². The van der Waals surface area contributed by atoms with E-state index in [9.17, 15) is 5.11 Å². The number of rotatable bonds is 8. The predicted octanol–water partition coefficient (Wildman–Crippen LogP) is 6.73. The number of oxazole rings is 1. The van der Waals surface area contributed by atoms with Crippen molar-refractivity contribution >= 4 is 46.6 Å². The third kappa shape index (κ3) is 6.84. The van der Waals surface area contributed by atoms with Crippen LogP contribution in [0.3, 0.4) is 0 Å². The molecule has 0 amide bonds. The lowest BCUT2D eigenvalue weighted by molar-refractivity contribution is 0.0599. The second kappa shape index (κ2) is 13.2. The standard InChI is InChI=1S/C28H30Cl2N2O4.ClH.H2O/c1-17(2)27-14-31-28(36-27)26-13-21-24(4-3-5-25(21)35-26)34-16-20(33)15-32-10-8-18(9-11-32)19-6-7-22(29)23(30)12-19;;/h3-7,12-14,17-18,20,33H,8-11,15-16H2,1-2H3;1H;1H2/t20-;;/m0../s1. The van der Waals surface area contributed by atoms with E-state index in [1.807, 2.05) is 36.4 Å². The molecule has 0 aliphatic carbocycles. The zero-order valence-electron chi connectivity index (χ0n) is 21.3. The van der Waals surface area contributed by atoms with E-state index in [1.54, 1.807) is 6.20 Å². The summed E-state index contributed by atoms with van der Waals surface area (Å²) in [5.41, 5.74) is 1.91. The van der Waals surface area contributed by atoms with Gasteiger partial charge in [-0.15, -0.1) is 12.4 Å². The minimum Gasteiger partial charge on any atom is -0.490 e. The molecule has 1 atom stereocenters. The number of piperidine rings is 1. The second-order valence-electron chi connectivity index (χ2n) is 9.71. The number of β-amino-alcohol motifs (C(OH)–C–C–N with tert-alkyl or cyclic N) is 1. The molecule has 7 nitrogen and oxygen atoms in total. The monoisotopic (exact) mass is 582 g/mol. The summed E-state index contributed by atoms with van der Waals surface area (Å²) in [6.45, 7) is 6.70. The van der Waals surface area contributed by atoms with Crippen molar-refractivity contribution in [3.8, 4) is 17.4 Å². The van der Waals surface area contributed by atoms with Gasteiger partial charge in [0.2, 0.25) is 0 Å². The molecule has 38 heavy (non-hydrogen) atoms. The molecule has 206 valence electrons. The smallest absolute Gasteiger partial charge is 0.263 e. The Kier molecular flexibility index (Phi) is 10.5. The minimum atomic E-state index is -0.603. The molecule has 0 saturated carbocycles. The molecule has 3 heterocycles. The van der Waals surface area contributed by atoms with Crippen LogP contribution in [0.4, 0.5) is 0 Å². The Balaban J connectivity index is 0.00000200. The van der Waals surface area contributed by atoms with Gasteiger partial charge in [-0.3, -0.25) is 0 Å². The maximum absolute atomic E-state index is 10.7. The summed E-state index contributed by atoms with van der Waals surface area (Å²) in [6, 6.07) is 13.4. The number of aliphatic hydroxyl groups excluding tert-OH is 1. The topological polar surface area (TPSA) is 103 Å². The largest absolute Gasteiger partial charge is 0.490 e. The Morgan fingerprint density at radius 3 is 2.53 bits per heavy atom. The number of likely N-dealkylation sites (tertiary alicyclic amines) is 1. The quantitative estimate of drug-likeness (QED) is 0.247. The summed E-state index contributed by atoms with van der Waals surface area (Å²) < 4.78 is 17.8. The van der Waals surface area contributed by atoms with Crippen LogP contribution in [0.2, 0.25) is 10.0 Å². The maximum atomic E-state index is 10.7. The summed E-state index contributed by atoms with van der Waals surface area (Å²) in [7, 11) is 0. The number of furan rings is 1. The van der Waals surface area contributed by atoms with Crippen molar-refractivity contribution < 1.29 is 24.2 Å². The summed E-state index contributed by atoms with van der Waals surface area (Å²) >= 11 is 12.2. The van der Waals surface area contributed by atoms with Gasteiger partial charge in [0.1, 0.15) is 29.8 Å². The third-order valence-electron chi connectivity index (χ3n) is 6.73. The lowest BCUT2D eigenvalue weighted by Gasteiger charge is -2.33. The van der Waals surface area contributed by atoms with Crippen molar-refractivity contribution in [3.05, 3.63) is 70.0 Å². The SMILES string of the molecule is CC(C)c1cnc(-c2cc3c(OC[C@@H](O)CN4CCC(c5ccc(Cl)c(Cl)c5)CC4)cccc3o2)o1.Cl.O. The first kappa shape index (κ1) is 30.3. The average Bonchev–Trinajstić information content (AvgIpc) is 3.53. The van der Waals surface area contributed by atoms with Crippen molar-refractivity contribution in [1.82, 2.24) is 9.88 Å². The Bertz CT molecular complexity index is 1330. The van der Waals surface area contributed by atoms with Crippen LogP contribution in [0.1, 0.15) is 49.8 Å². The molecule has 1 saturated heterocycles. The van der Waals surface area contributed by atoms with Gasteiger partial charge in [0.25, 0.3) is 5.89 Å². The van der Waals surface area contributed by atoms with Gasteiger partial charge in [0, 0.05) is 18.5 Å². The Morgan fingerprint density at radius 1 is 1.08 bits per heavy atom. The number of ether oxygens (including phenoxy) is 1. The number of nitrogens with zero attached hydrogens (tertiary/aromatic N) is 2. The molecule has 5 rings (SSSR count). The molecule has 3 N–H and O–H groups in total. The van der Waals surface area contributed by atoms with E-state index in [4.69, 9.17) is 36.8 Å². The predicted molar refractivity (Wildman–Crippen MR) is 153 cm³/mol. The van der Waals surface area contributed by atoms with Crippen LogP contribution < -0.4 is 4.74 Å². The fraction of sp³-hybridized carbons (Fsp3) is 0.393. The van der Waals surface area contributed by atoms with E-state index in [2.05, 4.69) is 29.8 Å². The molecule has 10 heteroatoms. The van der Waals surface area contributed by atoms with Gasteiger partial charge in [0.05, 0.1) is 21.6 Å². The molecule has 2 aromatic carbocycles. The van der Waals surface area contributed by atoms with Gasteiger partial charge in [-0.1, -0.05) is 49.2 Å². The Morgan fingerprint density at radius 2 is 1.84 bits per heavy atom. The third-order valence-corrected chi connectivity index (χ3v) is 7.47. The van der Waals surface area contributed by atoms with Crippen molar-refractivity contribution in [2.24, 2.45) is 0 Å². The molecule has 1 aliphatic heterocycles. The summed E-state index contributed by atoms with van der Waals surface area (Å²) in [5, 5.41) is 12.7. The van der Waals surface area contributed by atoms with Crippen LogP contribution in [-0.2, 0) is 0 Å². The van der Waals surface area contributed by atoms with Crippen LogP contribution in [0.15, 0.2) is 57.5 Å². The van der Waals surface area contributed by atoms with Crippen LogP contribution in [0, 0.1) is 0 Å². The highest BCUT2D eigenvalue weighted by Crippen LogP contribution is 2.35. The highest BCUT2D eigenvalue weighted by molar-refractivity contribution is 6.42. The molecule has 1 aliphatic rings. The van der Waals surface area contributed by atoms with Crippen molar-refractivity contribution in [3.63, 3.8) is 0 Å². The number of aromatic nitrogens is 1. The normalized spacial score (nSPS) is 15.3. The van der Waals surface area contributed by atoms with Gasteiger partial charge in [0.15, 0.2) is 5.76 Å². The zero-order chi connectivity index (χ0) is 25.2. The molecule has 0 bridgehead atoms. The Labute approximate surface area is 238 Å². The number of fused-ring (bicyclic) bond motifs is 1. The number of halogens is 3. The number of hydrogen-bond donors (Lipinski definition) is 1. The van der Waals surface area contributed by atoms with E-state index < -0.39 is 6.10 Å². The number of benzene rings is 2. The fourth-order valence-corrected chi connectivity index (χ4v) is 4.99. The van der Waals surface area contributed by atoms with E-state index in [0.717, 1.165) is 37.1 Å². The Hall–Kier alpha value is -2.26. The molecular formula is C28H33Cl3N2O5. The minimum absolute atomic E-state index is 0. The first-order valence-electron chi connectivity index (χ1n) is 12.3. The van der Waals surface area contributed by atoms with Crippen molar-refractivity contribution in [1.29, 1.82) is 0 Å². The van der Waals surface area contributed by atoms with Crippen LogP contribution in [0.25, 0.3) is 22.6 Å². The molecule has 0 unspecified atom stereocenters. The van der Waals surface area contributed by atoms with Crippen molar-refractivity contribution in [2.45, 2.75) is 44.6 Å². The highest BCUT2D eigenvalue weighted by Gasteiger charge is 2.23. The summed E-state index contributed by atoms with van der Waals surface area (Å²) in [4.78, 5) is 6.63. The van der Waals surface area contributed by atoms with E-state index in [-0.39, 0.29) is 30.4 Å². The average molecular weight is 584 g/mol. The fourth-order valence-electron chi connectivity index (χ4n) is 4.68. The lowest BCUT2D eigenvalue weighted by Crippen LogP contribution is -2.40. The van der Waals surface area contributed by atoms with Gasteiger partial charge < -0.3 is 29.1 Å². The second-order valence-corrected chi connectivity index (χ2v) is 10.5. The maximum Gasteiger partial charge on any atom is 0.263 e.